The number of halogens is 1. The Hall–Kier alpha value is -1.81. The highest BCUT2D eigenvalue weighted by atomic mass is 127. The van der Waals surface area contributed by atoms with Crippen LogP contribution in [-0.2, 0) is 19.4 Å². The van der Waals surface area contributed by atoms with Crippen LogP contribution in [0, 0.1) is 13.8 Å². The third-order valence-corrected chi connectivity index (χ3v) is 6.27. The Balaban J connectivity index is 0.00000363. The fourth-order valence-corrected chi connectivity index (χ4v) is 4.15. The third kappa shape index (κ3) is 6.60. The molecule has 2 heterocycles. The Morgan fingerprint density at radius 3 is 2.50 bits per heavy atom. The molecule has 1 aliphatic heterocycles. The van der Waals surface area contributed by atoms with Gasteiger partial charge >= 0.3 is 0 Å². The van der Waals surface area contributed by atoms with Gasteiger partial charge in [0.05, 0.1) is 5.69 Å². The quantitative estimate of drug-likeness (QED) is 0.296. The maximum absolute atomic E-state index is 5.46. The van der Waals surface area contributed by atoms with E-state index in [9.17, 15) is 0 Å². The van der Waals surface area contributed by atoms with Gasteiger partial charge in [-0.25, -0.2) is 0 Å². The molecule has 178 valence electrons. The number of guanidine groups is 1. The summed E-state index contributed by atoms with van der Waals surface area (Å²) in [6, 6.07) is 6.61. The highest BCUT2D eigenvalue weighted by molar-refractivity contribution is 14.0. The molecule has 0 atom stereocenters. The molecule has 0 radical (unpaired) electrons. The molecule has 1 aromatic heterocycles. The van der Waals surface area contributed by atoms with Gasteiger partial charge < -0.3 is 20.1 Å². The van der Waals surface area contributed by atoms with Crippen molar-refractivity contribution in [3.63, 3.8) is 0 Å². The summed E-state index contributed by atoms with van der Waals surface area (Å²) in [5.41, 5.74) is 6.34. The number of aliphatic imine (C=N–C) groups is 1. The fourth-order valence-electron chi connectivity index (χ4n) is 4.15. The Morgan fingerprint density at radius 1 is 1.09 bits per heavy atom. The van der Waals surface area contributed by atoms with Crippen molar-refractivity contribution < 1.29 is 4.52 Å². The summed E-state index contributed by atoms with van der Waals surface area (Å²) < 4.78 is 5.46. The van der Waals surface area contributed by atoms with Crippen LogP contribution in [-0.4, -0.2) is 62.3 Å². The van der Waals surface area contributed by atoms with Gasteiger partial charge in [0.1, 0.15) is 5.76 Å². The van der Waals surface area contributed by atoms with E-state index in [1.165, 1.54) is 16.8 Å². The molecule has 0 spiro atoms. The van der Waals surface area contributed by atoms with Gasteiger partial charge in [-0.05, 0) is 37.5 Å². The summed E-state index contributed by atoms with van der Waals surface area (Å²) in [5, 5.41) is 11.0. The standard InChI is InChI=1S/C24H38N6O.HI/c1-6-21-20(23(7-2)31-28-21)17-27-24(25-5)26-11-12-29-13-15-30(16-14-29)22-10-8-9-18(3)19(22)4;/h8-10H,6-7,11-17H2,1-5H3,(H2,25,26,27);1H. The first-order chi connectivity index (χ1) is 15.1. The van der Waals surface area contributed by atoms with Crippen LogP contribution in [0.3, 0.4) is 0 Å². The summed E-state index contributed by atoms with van der Waals surface area (Å²) in [5.74, 6) is 1.78. The van der Waals surface area contributed by atoms with Gasteiger partial charge in [0.2, 0.25) is 0 Å². The first-order valence-electron chi connectivity index (χ1n) is 11.5. The molecule has 2 N–H and O–H groups in total. The molecular formula is C24H39IN6O. The number of nitrogens with zero attached hydrogens (tertiary/aromatic N) is 4. The Kier molecular flexibility index (Phi) is 10.8. The van der Waals surface area contributed by atoms with Crippen molar-refractivity contribution in [2.75, 3.05) is 51.2 Å². The van der Waals surface area contributed by atoms with E-state index in [0.29, 0.717) is 6.54 Å². The minimum Gasteiger partial charge on any atom is -0.369 e. The van der Waals surface area contributed by atoms with E-state index in [1.54, 1.807) is 0 Å². The molecule has 1 saturated heterocycles. The molecule has 7 nitrogen and oxygen atoms in total. The third-order valence-electron chi connectivity index (χ3n) is 6.27. The van der Waals surface area contributed by atoms with E-state index in [0.717, 1.165) is 75.1 Å². The number of aryl methyl sites for hydroxylation is 3. The van der Waals surface area contributed by atoms with Crippen LogP contribution < -0.4 is 15.5 Å². The summed E-state index contributed by atoms with van der Waals surface area (Å²) in [6.45, 7) is 15.5. The normalized spacial score (nSPS) is 14.9. The molecule has 0 unspecified atom stereocenters. The average Bonchev–Trinajstić information content (AvgIpc) is 3.20. The molecule has 1 aliphatic rings. The molecule has 0 aliphatic carbocycles. The molecule has 3 rings (SSSR count). The molecule has 32 heavy (non-hydrogen) atoms. The molecule has 1 aromatic carbocycles. The topological polar surface area (TPSA) is 68.9 Å². The van der Waals surface area contributed by atoms with Crippen LogP contribution in [0.15, 0.2) is 27.7 Å². The lowest BCUT2D eigenvalue weighted by Gasteiger charge is -2.37. The van der Waals surface area contributed by atoms with Crippen molar-refractivity contribution in [3.05, 3.63) is 46.3 Å². The van der Waals surface area contributed by atoms with Gasteiger partial charge in [-0.2, -0.15) is 0 Å². The minimum absolute atomic E-state index is 0. The lowest BCUT2D eigenvalue weighted by atomic mass is 10.1. The molecule has 2 aromatic rings. The number of anilines is 1. The van der Waals surface area contributed by atoms with Crippen LogP contribution in [0.25, 0.3) is 0 Å². The van der Waals surface area contributed by atoms with Crippen molar-refractivity contribution in [1.29, 1.82) is 0 Å². The van der Waals surface area contributed by atoms with Gasteiger partial charge in [0, 0.05) is 70.5 Å². The van der Waals surface area contributed by atoms with E-state index in [-0.39, 0.29) is 24.0 Å². The summed E-state index contributed by atoms with van der Waals surface area (Å²) in [4.78, 5) is 9.40. The number of hydrogen-bond donors (Lipinski definition) is 2. The zero-order valence-electron chi connectivity index (χ0n) is 20.2. The second-order valence-corrected chi connectivity index (χ2v) is 8.14. The van der Waals surface area contributed by atoms with E-state index in [2.05, 4.69) is 76.5 Å². The zero-order valence-corrected chi connectivity index (χ0v) is 22.5. The lowest BCUT2D eigenvalue weighted by Crippen LogP contribution is -2.49. The van der Waals surface area contributed by atoms with Crippen LogP contribution in [0.5, 0.6) is 0 Å². The van der Waals surface area contributed by atoms with Crippen molar-refractivity contribution in [2.24, 2.45) is 4.99 Å². The smallest absolute Gasteiger partial charge is 0.191 e. The number of piperazine rings is 1. The van der Waals surface area contributed by atoms with Crippen LogP contribution >= 0.6 is 24.0 Å². The summed E-state index contributed by atoms with van der Waals surface area (Å²) in [6.07, 6.45) is 1.73. The van der Waals surface area contributed by atoms with E-state index in [1.807, 2.05) is 7.05 Å². The van der Waals surface area contributed by atoms with Crippen molar-refractivity contribution in [2.45, 2.75) is 47.1 Å². The van der Waals surface area contributed by atoms with Crippen molar-refractivity contribution in [1.82, 2.24) is 20.7 Å². The lowest BCUT2D eigenvalue weighted by molar-refractivity contribution is 0.261. The second-order valence-electron chi connectivity index (χ2n) is 8.14. The van der Waals surface area contributed by atoms with Gasteiger partial charge in [0.15, 0.2) is 5.96 Å². The van der Waals surface area contributed by atoms with E-state index < -0.39 is 0 Å². The molecular weight excluding hydrogens is 515 g/mol. The van der Waals surface area contributed by atoms with Gasteiger partial charge in [-0.3, -0.25) is 9.89 Å². The highest BCUT2D eigenvalue weighted by Gasteiger charge is 2.19. The zero-order chi connectivity index (χ0) is 22.2. The Morgan fingerprint density at radius 2 is 1.84 bits per heavy atom. The van der Waals surface area contributed by atoms with Crippen LogP contribution in [0.4, 0.5) is 5.69 Å². The predicted molar refractivity (Wildman–Crippen MR) is 143 cm³/mol. The number of nitrogens with one attached hydrogen (secondary N) is 2. The average molecular weight is 555 g/mol. The van der Waals surface area contributed by atoms with Crippen molar-refractivity contribution >= 4 is 35.6 Å². The summed E-state index contributed by atoms with van der Waals surface area (Å²) in [7, 11) is 1.81. The van der Waals surface area contributed by atoms with E-state index >= 15 is 0 Å². The van der Waals surface area contributed by atoms with E-state index in [4.69, 9.17) is 4.52 Å². The monoisotopic (exact) mass is 554 g/mol. The maximum atomic E-state index is 5.46. The van der Waals surface area contributed by atoms with Gasteiger partial charge in [-0.1, -0.05) is 31.1 Å². The maximum Gasteiger partial charge on any atom is 0.191 e. The Bertz CT molecular complexity index is 852. The number of benzene rings is 1. The second kappa shape index (κ2) is 13.0. The first-order valence-corrected chi connectivity index (χ1v) is 11.5. The van der Waals surface area contributed by atoms with Crippen molar-refractivity contribution in [3.8, 4) is 0 Å². The molecule has 0 amide bonds. The van der Waals surface area contributed by atoms with Gasteiger partial charge in [-0.15, -0.1) is 24.0 Å². The SMILES string of the molecule is CCc1noc(CC)c1CNC(=NC)NCCN1CCN(c2cccc(C)c2C)CC1.I. The minimum atomic E-state index is 0. The molecule has 0 saturated carbocycles. The predicted octanol–water partition coefficient (Wildman–Crippen LogP) is 3.52. The van der Waals surface area contributed by atoms with Crippen LogP contribution in [0.1, 0.15) is 42.0 Å². The first kappa shape index (κ1) is 26.4. The number of hydrogen-bond acceptors (Lipinski definition) is 5. The molecule has 0 bridgehead atoms. The van der Waals surface area contributed by atoms with Crippen LogP contribution in [0.2, 0.25) is 0 Å². The molecule has 8 heteroatoms. The number of aromatic nitrogens is 1. The molecule has 1 fully saturated rings. The summed E-state index contributed by atoms with van der Waals surface area (Å²) >= 11 is 0. The fraction of sp³-hybridized carbons (Fsp3) is 0.583. The number of rotatable bonds is 8. The van der Waals surface area contributed by atoms with Gasteiger partial charge in [0.25, 0.3) is 0 Å². The highest BCUT2D eigenvalue weighted by Crippen LogP contribution is 2.23. The Labute approximate surface area is 210 Å². The largest absolute Gasteiger partial charge is 0.369 e.